The van der Waals surface area contributed by atoms with Gasteiger partial charge in [0.15, 0.2) is 17.5 Å². The molecule has 4 fully saturated rings. The lowest BCUT2D eigenvalue weighted by atomic mass is 9.46. The fourth-order valence-corrected chi connectivity index (χ4v) is 7.69. The van der Waals surface area contributed by atoms with Gasteiger partial charge >= 0.3 is 0 Å². The summed E-state index contributed by atoms with van der Waals surface area (Å²) in [4.78, 5) is 24.3. The highest BCUT2D eigenvalue weighted by atomic mass is 32.2. The molecule has 7 nitrogen and oxygen atoms in total. The van der Waals surface area contributed by atoms with E-state index in [0.717, 1.165) is 6.42 Å². The average molecular weight is 474 g/mol. The Hall–Kier alpha value is -2.14. The molecular formula is C21H26F3N3O4S. The molecular weight excluding hydrogens is 447 g/mol. The van der Waals surface area contributed by atoms with Crippen molar-refractivity contribution < 1.29 is 31.2 Å². The Balaban J connectivity index is 1.56. The molecule has 4 saturated carbocycles. The van der Waals surface area contributed by atoms with Gasteiger partial charge in [-0.1, -0.05) is 0 Å². The van der Waals surface area contributed by atoms with Crippen molar-refractivity contribution >= 4 is 21.8 Å². The molecule has 1 aromatic carbocycles. The van der Waals surface area contributed by atoms with E-state index in [1.54, 1.807) is 0 Å². The van der Waals surface area contributed by atoms with Crippen LogP contribution in [0, 0.1) is 34.7 Å². The number of nitrogens with one attached hydrogen (secondary N) is 2. The molecule has 0 aliphatic heterocycles. The fourth-order valence-electron chi connectivity index (χ4n) is 6.25. The summed E-state index contributed by atoms with van der Waals surface area (Å²) in [7, 11) is -4.69. The summed E-state index contributed by atoms with van der Waals surface area (Å²) < 4.78 is 68.2. The summed E-state index contributed by atoms with van der Waals surface area (Å²) >= 11 is 0. The van der Waals surface area contributed by atoms with Crippen LogP contribution in [0.25, 0.3) is 0 Å². The van der Waals surface area contributed by atoms with Crippen LogP contribution in [0.15, 0.2) is 17.0 Å². The average Bonchev–Trinajstić information content (AvgIpc) is 2.63. The summed E-state index contributed by atoms with van der Waals surface area (Å²) in [6.45, 7) is 2.59. The van der Waals surface area contributed by atoms with Gasteiger partial charge in [0.05, 0.1) is 5.41 Å². The molecule has 2 unspecified atom stereocenters. The number of rotatable bonds is 6. The third-order valence-corrected chi connectivity index (χ3v) is 8.88. The molecule has 2 atom stereocenters. The number of nitrogens with two attached hydrogens (primary N) is 1. The Kier molecular flexibility index (Phi) is 5.17. The van der Waals surface area contributed by atoms with E-state index in [9.17, 15) is 31.2 Å². The maximum absolute atomic E-state index is 14.1. The molecule has 5 rings (SSSR count). The molecule has 2 amide bonds. The van der Waals surface area contributed by atoms with E-state index in [-0.39, 0.29) is 17.7 Å². The highest BCUT2D eigenvalue weighted by Crippen LogP contribution is 2.61. The number of carbonyl (C=O) groups excluding carboxylic acids is 2. The zero-order valence-electron chi connectivity index (χ0n) is 17.8. The lowest BCUT2D eigenvalue weighted by Gasteiger charge is -2.61. The maximum atomic E-state index is 14.1. The highest BCUT2D eigenvalue weighted by Gasteiger charge is 2.61. The third kappa shape index (κ3) is 3.68. The Morgan fingerprint density at radius 2 is 1.66 bits per heavy atom. The first-order valence-electron chi connectivity index (χ1n) is 10.5. The van der Waals surface area contributed by atoms with Crippen molar-refractivity contribution in [1.82, 2.24) is 10.0 Å². The molecule has 176 valence electrons. The molecule has 0 saturated heterocycles. The van der Waals surface area contributed by atoms with Gasteiger partial charge in [-0.2, -0.15) is 4.72 Å². The first-order valence-corrected chi connectivity index (χ1v) is 12.0. The number of benzene rings is 1. The number of hydrogen-bond donors (Lipinski definition) is 3. The number of halogens is 3. The van der Waals surface area contributed by atoms with Gasteiger partial charge in [0.2, 0.25) is 21.8 Å². The molecule has 11 heteroatoms. The predicted molar refractivity (Wildman–Crippen MR) is 108 cm³/mol. The quantitative estimate of drug-likeness (QED) is 0.549. The SMILES string of the molecule is CC(C)(NS(=O)(=O)c1ccc(F)c(F)c1F)C(=O)NC12CC3CC(C1)CC(C(N)=O)(C3)C2. The number of carbonyl (C=O) groups is 2. The minimum atomic E-state index is -4.69. The topological polar surface area (TPSA) is 118 Å². The standard InChI is InChI=1S/C21H26F3N3O4S/c1-19(2,27-32(30,31)14-4-3-13(22)15(23)16(14)24)18(29)26-21-8-11-5-12(9-21)7-20(6-11,10-21)17(25)28/h3-4,11-12,27H,5-10H2,1-2H3,(H2,25,28)(H,26,29). The first-order chi connectivity index (χ1) is 14.7. The number of hydrogen-bond acceptors (Lipinski definition) is 4. The van der Waals surface area contributed by atoms with Gasteiger partial charge < -0.3 is 11.1 Å². The van der Waals surface area contributed by atoms with Crippen molar-refractivity contribution in [3.8, 4) is 0 Å². The molecule has 4 aliphatic rings. The van der Waals surface area contributed by atoms with Crippen molar-refractivity contribution in [2.75, 3.05) is 0 Å². The molecule has 4 bridgehead atoms. The van der Waals surface area contributed by atoms with Gasteiger partial charge in [-0.25, -0.2) is 21.6 Å². The van der Waals surface area contributed by atoms with Crippen molar-refractivity contribution in [1.29, 1.82) is 0 Å². The van der Waals surface area contributed by atoms with Crippen LogP contribution < -0.4 is 15.8 Å². The summed E-state index contributed by atoms with van der Waals surface area (Å²) in [6, 6.07) is 1.10. The van der Waals surface area contributed by atoms with E-state index < -0.39 is 54.8 Å². The largest absolute Gasteiger partial charge is 0.369 e. The Labute approximate surface area is 184 Å². The smallest absolute Gasteiger partial charge is 0.244 e. The van der Waals surface area contributed by atoms with Gasteiger partial charge in [-0.05, 0) is 76.3 Å². The molecule has 4 aliphatic carbocycles. The second-order valence-corrected chi connectivity index (χ2v) is 11.9. The molecule has 0 aromatic heterocycles. The molecule has 1 aromatic rings. The van der Waals surface area contributed by atoms with Gasteiger partial charge in [-0.3, -0.25) is 9.59 Å². The number of primary amides is 1. The van der Waals surface area contributed by atoms with Crippen LogP contribution in [0.1, 0.15) is 52.4 Å². The fraction of sp³-hybridized carbons (Fsp3) is 0.619. The van der Waals surface area contributed by atoms with Crippen LogP contribution in [-0.4, -0.2) is 31.3 Å². The lowest BCUT2D eigenvalue weighted by Crippen LogP contribution is -2.68. The van der Waals surface area contributed by atoms with E-state index in [1.165, 1.54) is 13.8 Å². The van der Waals surface area contributed by atoms with Crippen LogP contribution in [0.4, 0.5) is 13.2 Å². The molecule has 0 heterocycles. The summed E-state index contributed by atoms with van der Waals surface area (Å²) in [6.07, 6.45) is 4.10. The lowest BCUT2D eigenvalue weighted by molar-refractivity contribution is -0.151. The second kappa shape index (κ2) is 7.18. The molecule has 0 spiro atoms. The van der Waals surface area contributed by atoms with E-state index in [4.69, 9.17) is 5.73 Å². The minimum absolute atomic E-state index is 0.250. The number of sulfonamides is 1. The molecule has 32 heavy (non-hydrogen) atoms. The van der Waals surface area contributed by atoms with Crippen molar-refractivity contribution in [3.05, 3.63) is 29.6 Å². The second-order valence-electron chi connectivity index (χ2n) is 10.2. The van der Waals surface area contributed by atoms with Gasteiger partial charge in [-0.15, -0.1) is 0 Å². The van der Waals surface area contributed by atoms with Crippen molar-refractivity contribution in [2.24, 2.45) is 23.0 Å². The van der Waals surface area contributed by atoms with Crippen LogP contribution in [0.5, 0.6) is 0 Å². The van der Waals surface area contributed by atoms with Crippen molar-refractivity contribution in [3.63, 3.8) is 0 Å². The predicted octanol–water partition coefficient (Wildman–Crippen LogP) is 2.10. The Morgan fingerprint density at radius 3 is 2.22 bits per heavy atom. The van der Waals surface area contributed by atoms with Crippen LogP contribution >= 0.6 is 0 Å². The summed E-state index contributed by atoms with van der Waals surface area (Å²) in [5, 5.41) is 2.95. The zero-order valence-corrected chi connectivity index (χ0v) is 18.6. The Bertz CT molecular complexity index is 1090. The third-order valence-electron chi connectivity index (χ3n) is 7.21. The van der Waals surface area contributed by atoms with Crippen LogP contribution in [0.2, 0.25) is 0 Å². The Morgan fingerprint density at radius 1 is 1.06 bits per heavy atom. The summed E-state index contributed by atoms with van der Waals surface area (Å²) in [5.74, 6) is -5.84. The van der Waals surface area contributed by atoms with E-state index in [1.807, 2.05) is 0 Å². The minimum Gasteiger partial charge on any atom is -0.369 e. The van der Waals surface area contributed by atoms with Gasteiger partial charge in [0.1, 0.15) is 10.4 Å². The zero-order chi connectivity index (χ0) is 23.7. The highest BCUT2D eigenvalue weighted by molar-refractivity contribution is 7.89. The summed E-state index contributed by atoms with van der Waals surface area (Å²) in [5.41, 5.74) is 2.63. The molecule has 4 N–H and O–H groups in total. The number of amides is 2. The van der Waals surface area contributed by atoms with Crippen molar-refractivity contribution in [2.45, 2.75) is 68.3 Å². The van der Waals surface area contributed by atoms with Gasteiger partial charge in [0.25, 0.3) is 0 Å². The maximum Gasteiger partial charge on any atom is 0.244 e. The van der Waals surface area contributed by atoms with Gasteiger partial charge in [0, 0.05) is 5.54 Å². The first kappa shape index (κ1) is 23.0. The van der Waals surface area contributed by atoms with Crippen LogP contribution in [0.3, 0.4) is 0 Å². The van der Waals surface area contributed by atoms with E-state index in [0.29, 0.717) is 44.2 Å². The monoisotopic (exact) mass is 473 g/mol. The van der Waals surface area contributed by atoms with E-state index in [2.05, 4.69) is 10.0 Å². The molecule has 0 radical (unpaired) electrons. The van der Waals surface area contributed by atoms with Crippen LogP contribution in [-0.2, 0) is 19.6 Å². The van der Waals surface area contributed by atoms with E-state index >= 15 is 0 Å². The normalized spacial score (nSPS) is 31.5.